The zero-order valence-electron chi connectivity index (χ0n) is 25.0. The Balaban J connectivity index is 1.06. The third-order valence-electron chi connectivity index (χ3n) is 8.64. The summed E-state index contributed by atoms with van der Waals surface area (Å²) in [5, 5.41) is 8.34. The van der Waals surface area contributed by atoms with Crippen LogP contribution in [0.15, 0.2) is 42.5 Å². The molecule has 6 rings (SSSR count). The van der Waals surface area contributed by atoms with E-state index in [4.69, 9.17) is 34.8 Å². The van der Waals surface area contributed by atoms with E-state index in [0.717, 1.165) is 29.5 Å². The molecule has 4 heterocycles. The number of hydrogen-bond acceptors (Lipinski definition) is 5. The molecular formula is C34H30Cl3N5O4. The molecule has 0 aliphatic carbocycles. The van der Waals surface area contributed by atoms with Gasteiger partial charge in [0.15, 0.2) is 0 Å². The van der Waals surface area contributed by atoms with Crippen LogP contribution in [0.2, 0.25) is 15.2 Å². The van der Waals surface area contributed by atoms with Crippen LogP contribution >= 0.6 is 34.8 Å². The summed E-state index contributed by atoms with van der Waals surface area (Å²) in [6.07, 6.45) is 5.20. The lowest BCUT2D eigenvalue weighted by molar-refractivity contribution is -0.137. The average molecular weight is 679 g/mol. The van der Waals surface area contributed by atoms with Gasteiger partial charge in [-0.2, -0.15) is 5.10 Å². The molecule has 46 heavy (non-hydrogen) atoms. The molecule has 0 bridgehead atoms. The molecule has 3 aromatic rings. The number of piperidine rings is 2. The van der Waals surface area contributed by atoms with Crippen LogP contribution in [-0.2, 0) is 27.5 Å². The van der Waals surface area contributed by atoms with E-state index in [1.54, 1.807) is 39.9 Å². The average Bonchev–Trinajstić information content (AvgIpc) is 3.50. The molecule has 3 aliphatic rings. The van der Waals surface area contributed by atoms with Gasteiger partial charge in [-0.1, -0.05) is 58.8 Å². The number of likely N-dealkylation sites (tertiary alicyclic amines) is 1. The Morgan fingerprint density at radius 3 is 2.61 bits per heavy atom. The minimum absolute atomic E-state index is 0.0989. The number of aromatic nitrogens is 2. The fourth-order valence-electron chi connectivity index (χ4n) is 6.06. The highest BCUT2D eigenvalue weighted by molar-refractivity contribution is 6.35. The molecule has 3 aliphatic heterocycles. The molecular weight excluding hydrogens is 649 g/mol. The fourth-order valence-corrected chi connectivity index (χ4v) is 6.82. The van der Waals surface area contributed by atoms with Gasteiger partial charge >= 0.3 is 0 Å². The SMILES string of the molecule is Cc1nn(Cc2ccc(Cl)cc2Cl)c(Cl)c1C=CC(=O)N1CCC(C#Cc2cccc3c2CN(C2CCC(=O)NC2=O)C3=O)CC1. The van der Waals surface area contributed by atoms with Crippen molar-refractivity contribution >= 4 is 64.5 Å². The second kappa shape index (κ2) is 13.3. The van der Waals surface area contributed by atoms with Gasteiger partial charge in [0.25, 0.3) is 5.91 Å². The summed E-state index contributed by atoms with van der Waals surface area (Å²) >= 11 is 19.0. The van der Waals surface area contributed by atoms with Gasteiger partial charge in [-0.3, -0.25) is 24.5 Å². The maximum atomic E-state index is 13.1. The van der Waals surface area contributed by atoms with Crippen molar-refractivity contribution in [3.63, 3.8) is 0 Å². The summed E-state index contributed by atoms with van der Waals surface area (Å²) in [7, 11) is 0. The number of halogens is 3. The van der Waals surface area contributed by atoms with Crippen LogP contribution in [0.1, 0.15) is 64.0 Å². The summed E-state index contributed by atoms with van der Waals surface area (Å²) < 4.78 is 1.64. The number of rotatable bonds is 5. The molecule has 12 heteroatoms. The van der Waals surface area contributed by atoms with Crippen LogP contribution in [0.4, 0.5) is 0 Å². The van der Waals surface area contributed by atoms with Crippen molar-refractivity contribution in [2.45, 2.75) is 51.7 Å². The lowest BCUT2D eigenvalue weighted by atomic mass is 9.96. The van der Waals surface area contributed by atoms with E-state index in [0.29, 0.717) is 58.1 Å². The minimum atomic E-state index is -0.668. The zero-order valence-corrected chi connectivity index (χ0v) is 27.3. The van der Waals surface area contributed by atoms with Crippen LogP contribution in [0.5, 0.6) is 0 Å². The van der Waals surface area contributed by atoms with Crippen molar-refractivity contribution in [3.8, 4) is 11.8 Å². The lowest BCUT2D eigenvalue weighted by Gasteiger charge is -2.29. The molecule has 1 N–H and O–H groups in total. The molecule has 9 nitrogen and oxygen atoms in total. The number of fused-ring (bicyclic) bond motifs is 1. The second-order valence-corrected chi connectivity index (χ2v) is 12.8. The highest BCUT2D eigenvalue weighted by Gasteiger charge is 2.39. The normalized spacial score (nSPS) is 18.5. The molecule has 4 amide bonds. The summed E-state index contributed by atoms with van der Waals surface area (Å²) in [4.78, 5) is 53.4. The molecule has 1 atom stereocenters. The predicted octanol–water partition coefficient (Wildman–Crippen LogP) is 5.26. The number of nitrogens with zero attached hydrogens (tertiary/aromatic N) is 4. The van der Waals surface area contributed by atoms with Crippen molar-refractivity contribution < 1.29 is 19.2 Å². The van der Waals surface area contributed by atoms with Crippen LogP contribution in [-0.4, -0.2) is 62.3 Å². The third-order valence-corrected chi connectivity index (χ3v) is 9.62. The molecule has 2 fully saturated rings. The van der Waals surface area contributed by atoms with Gasteiger partial charge in [0.2, 0.25) is 17.7 Å². The molecule has 0 radical (unpaired) electrons. The standard InChI is InChI=1S/C34H30Cl3N5O4/c1-20-25(32(37)42(39-20)18-23-7-8-24(35)17-28(23)36)9-12-31(44)40-15-13-21(14-16-40)5-6-22-3-2-4-26-27(22)19-41(34(26)46)29-10-11-30(43)38-33(29)45/h2-4,7-9,12,17,21,29H,10-11,13-16,18-19H2,1H3,(H,38,43,45). The van der Waals surface area contributed by atoms with E-state index in [-0.39, 0.29) is 36.6 Å². The van der Waals surface area contributed by atoms with Gasteiger partial charge in [0, 0.05) is 64.8 Å². The van der Waals surface area contributed by atoms with Crippen LogP contribution < -0.4 is 5.32 Å². The van der Waals surface area contributed by atoms with Crippen molar-refractivity contribution in [1.29, 1.82) is 0 Å². The number of benzene rings is 2. The Hall–Kier alpha value is -4.10. The highest BCUT2D eigenvalue weighted by Crippen LogP contribution is 2.30. The molecule has 1 unspecified atom stereocenters. The van der Waals surface area contributed by atoms with Gasteiger partial charge in [-0.25, -0.2) is 4.68 Å². The van der Waals surface area contributed by atoms with Gasteiger partial charge < -0.3 is 9.80 Å². The second-order valence-electron chi connectivity index (χ2n) is 11.6. The van der Waals surface area contributed by atoms with Gasteiger partial charge in [0.05, 0.1) is 12.2 Å². The first kappa shape index (κ1) is 31.9. The molecule has 2 saturated heterocycles. The number of imide groups is 1. The quantitative estimate of drug-likeness (QED) is 0.225. The Morgan fingerprint density at radius 1 is 1.09 bits per heavy atom. The maximum absolute atomic E-state index is 13.1. The first-order chi connectivity index (χ1) is 22.1. The number of aryl methyl sites for hydroxylation is 1. The van der Waals surface area contributed by atoms with E-state index in [1.807, 2.05) is 19.1 Å². The van der Waals surface area contributed by atoms with Crippen molar-refractivity contribution in [2.75, 3.05) is 13.1 Å². The number of carbonyl (C=O) groups is 4. The smallest absolute Gasteiger partial charge is 0.255 e. The molecule has 0 saturated carbocycles. The van der Waals surface area contributed by atoms with Crippen LogP contribution in [0, 0.1) is 24.7 Å². The Labute approximate surface area is 281 Å². The number of carbonyl (C=O) groups excluding carboxylic acids is 4. The number of nitrogens with one attached hydrogen (secondary N) is 1. The van der Waals surface area contributed by atoms with Crippen molar-refractivity contribution in [2.24, 2.45) is 5.92 Å². The summed E-state index contributed by atoms with van der Waals surface area (Å²) in [5.74, 6) is 5.63. The first-order valence-corrected chi connectivity index (χ1v) is 16.1. The first-order valence-electron chi connectivity index (χ1n) is 15.0. The summed E-state index contributed by atoms with van der Waals surface area (Å²) in [5.41, 5.74) is 4.29. The van der Waals surface area contributed by atoms with E-state index >= 15 is 0 Å². The van der Waals surface area contributed by atoms with Crippen LogP contribution in [0.25, 0.3) is 6.08 Å². The fraction of sp³-hybridized carbons (Fsp3) is 0.324. The maximum Gasteiger partial charge on any atom is 0.255 e. The van der Waals surface area contributed by atoms with E-state index in [2.05, 4.69) is 22.3 Å². The van der Waals surface area contributed by atoms with Crippen LogP contribution in [0.3, 0.4) is 0 Å². The van der Waals surface area contributed by atoms with Gasteiger partial charge in [-0.05, 0) is 67.7 Å². The zero-order chi connectivity index (χ0) is 32.5. The number of amides is 4. The highest BCUT2D eigenvalue weighted by atomic mass is 35.5. The van der Waals surface area contributed by atoms with Crippen molar-refractivity contribution in [1.82, 2.24) is 24.9 Å². The third kappa shape index (κ3) is 6.57. The van der Waals surface area contributed by atoms with E-state index in [9.17, 15) is 19.2 Å². The lowest BCUT2D eigenvalue weighted by Crippen LogP contribution is -2.52. The van der Waals surface area contributed by atoms with E-state index < -0.39 is 11.9 Å². The molecule has 2 aromatic carbocycles. The van der Waals surface area contributed by atoms with E-state index in [1.165, 1.54) is 11.0 Å². The predicted molar refractivity (Wildman–Crippen MR) is 175 cm³/mol. The Bertz CT molecular complexity index is 1850. The molecule has 0 spiro atoms. The van der Waals surface area contributed by atoms with Gasteiger partial charge in [0.1, 0.15) is 11.2 Å². The molecule has 1 aromatic heterocycles. The topological polar surface area (TPSA) is 105 Å². The monoisotopic (exact) mass is 677 g/mol. The molecule has 236 valence electrons. The minimum Gasteiger partial charge on any atom is -0.339 e. The summed E-state index contributed by atoms with van der Waals surface area (Å²) in [6, 6.07) is 10.0. The number of hydrogen-bond donors (Lipinski definition) is 1. The Morgan fingerprint density at radius 2 is 1.87 bits per heavy atom. The largest absolute Gasteiger partial charge is 0.339 e. The summed E-state index contributed by atoms with van der Waals surface area (Å²) in [6.45, 7) is 3.62. The van der Waals surface area contributed by atoms with Crippen molar-refractivity contribution in [3.05, 3.63) is 91.2 Å². The Kier molecular flexibility index (Phi) is 9.23. The van der Waals surface area contributed by atoms with Gasteiger partial charge in [-0.15, -0.1) is 0 Å².